The van der Waals surface area contributed by atoms with Gasteiger partial charge >= 0.3 is 0 Å². The fraction of sp³-hybridized carbons (Fsp3) is 0.350. The van der Waals surface area contributed by atoms with Gasteiger partial charge < -0.3 is 5.32 Å². The Bertz CT molecular complexity index is 748. The number of carbonyl (C=O) groups is 1. The Labute approximate surface area is 146 Å². The average Bonchev–Trinajstić information content (AvgIpc) is 2.63. The lowest BCUT2D eigenvalue weighted by Crippen LogP contribution is -2.32. The minimum Gasteiger partial charge on any atom is -0.352 e. The van der Waals surface area contributed by atoms with E-state index in [1.165, 1.54) is 17.2 Å². The zero-order valence-electron chi connectivity index (χ0n) is 14.1. The molecule has 25 heavy (non-hydrogen) atoms. The van der Waals surface area contributed by atoms with Crippen molar-refractivity contribution in [3.8, 4) is 0 Å². The number of nitrogens with one attached hydrogen (secondary N) is 1. The van der Waals surface area contributed by atoms with Crippen LogP contribution in [0.1, 0.15) is 34.3 Å². The maximum absolute atomic E-state index is 13.1. The summed E-state index contributed by atoms with van der Waals surface area (Å²) >= 11 is 0. The molecule has 1 amide bonds. The number of hydrogen-bond donors (Lipinski definition) is 1. The van der Waals surface area contributed by atoms with Gasteiger partial charge in [0.05, 0.1) is 0 Å². The van der Waals surface area contributed by atoms with E-state index in [1.807, 2.05) is 0 Å². The lowest BCUT2D eigenvalue weighted by atomic mass is 10.00. The van der Waals surface area contributed by atoms with E-state index in [-0.39, 0.29) is 11.5 Å². The minimum absolute atomic E-state index is 0.145. The minimum atomic E-state index is -1.00. The second-order valence-corrected chi connectivity index (χ2v) is 6.39. The predicted octanol–water partition coefficient (Wildman–Crippen LogP) is 3.53. The van der Waals surface area contributed by atoms with E-state index in [0.717, 1.165) is 51.0 Å². The highest BCUT2D eigenvalue weighted by atomic mass is 19.2. The van der Waals surface area contributed by atoms with Crippen molar-refractivity contribution in [3.63, 3.8) is 0 Å². The smallest absolute Gasteiger partial charge is 0.251 e. The Hall–Kier alpha value is -2.27. The second-order valence-electron chi connectivity index (χ2n) is 6.39. The Balaban J connectivity index is 1.36. The first kappa shape index (κ1) is 17.5. The zero-order chi connectivity index (χ0) is 17.6. The molecule has 2 aromatic rings. The summed E-state index contributed by atoms with van der Waals surface area (Å²) in [6.45, 7) is 3.58. The van der Waals surface area contributed by atoms with Crippen molar-refractivity contribution in [2.24, 2.45) is 0 Å². The standard InChI is InChI=1S/C20H22F2N2O/c21-18-8-7-16(13-19(18)22)20(25)23-10-3-4-11-24-12-9-15-5-1-2-6-17(15)14-24/h1-2,5-8,13H,3-4,9-12,14H2,(H,23,25). The van der Waals surface area contributed by atoms with Gasteiger partial charge in [0.25, 0.3) is 5.91 Å². The molecule has 0 aromatic heterocycles. The third-order valence-electron chi connectivity index (χ3n) is 4.58. The third-order valence-corrected chi connectivity index (χ3v) is 4.58. The highest BCUT2D eigenvalue weighted by Gasteiger charge is 2.15. The van der Waals surface area contributed by atoms with Crippen molar-refractivity contribution < 1.29 is 13.6 Å². The molecule has 3 nitrogen and oxygen atoms in total. The fourth-order valence-electron chi connectivity index (χ4n) is 3.15. The van der Waals surface area contributed by atoms with Crippen LogP contribution in [0.15, 0.2) is 42.5 Å². The van der Waals surface area contributed by atoms with Crippen LogP contribution in [0, 0.1) is 11.6 Å². The number of nitrogens with zero attached hydrogens (tertiary/aromatic N) is 1. The summed E-state index contributed by atoms with van der Waals surface area (Å²) in [6, 6.07) is 11.7. The van der Waals surface area contributed by atoms with E-state index >= 15 is 0 Å². The van der Waals surface area contributed by atoms with E-state index in [9.17, 15) is 13.6 Å². The van der Waals surface area contributed by atoms with Crippen LogP contribution in [0.2, 0.25) is 0 Å². The third kappa shape index (κ3) is 4.63. The van der Waals surface area contributed by atoms with Gasteiger partial charge in [-0.1, -0.05) is 24.3 Å². The molecule has 0 radical (unpaired) electrons. The van der Waals surface area contributed by atoms with Gasteiger partial charge in [-0.15, -0.1) is 0 Å². The molecule has 1 aliphatic heterocycles. The summed E-state index contributed by atoms with van der Waals surface area (Å²) in [5.74, 6) is -2.32. The quantitative estimate of drug-likeness (QED) is 0.813. The van der Waals surface area contributed by atoms with E-state index in [0.29, 0.717) is 6.54 Å². The lowest BCUT2D eigenvalue weighted by molar-refractivity contribution is 0.0952. The Morgan fingerprint density at radius 3 is 2.64 bits per heavy atom. The summed E-state index contributed by atoms with van der Waals surface area (Å²) < 4.78 is 26.0. The zero-order valence-corrected chi connectivity index (χ0v) is 14.1. The molecule has 0 saturated carbocycles. The first-order valence-corrected chi connectivity index (χ1v) is 8.66. The number of unbranched alkanes of at least 4 members (excludes halogenated alkanes) is 1. The Morgan fingerprint density at radius 1 is 1.04 bits per heavy atom. The molecule has 1 aliphatic rings. The molecule has 0 unspecified atom stereocenters. The molecule has 1 heterocycles. The van der Waals surface area contributed by atoms with Crippen LogP contribution >= 0.6 is 0 Å². The number of benzene rings is 2. The summed E-state index contributed by atoms with van der Waals surface area (Å²) in [6.07, 6.45) is 2.93. The van der Waals surface area contributed by atoms with Crippen LogP contribution in [0.3, 0.4) is 0 Å². The molecule has 2 aromatic carbocycles. The van der Waals surface area contributed by atoms with Gasteiger partial charge in [0, 0.05) is 25.2 Å². The van der Waals surface area contributed by atoms with Crippen molar-refractivity contribution in [2.75, 3.05) is 19.6 Å². The van der Waals surface area contributed by atoms with Gasteiger partial charge in [-0.2, -0.15) is 0 Å². The number of amides is 1. The van der Waals surface area contributed by atoms with Gasteiger partial charge in [0.15, 0.2) is 11.6 Å². The molecule has 0 saturated heterocycles. The monoisotopic (exact) mass is 344 g/mol. The highest BCUT2D eigenvalue weighted by molar-refractivity contribution is 5.94. The van der Waals surface area contributed by atoms with Crippen LogP contribution in [-0.4, -0.2) is 30.4 Å². The van der Waals surface area contributed by atoms with Gasteiger partial charge in [-0.3, -0.25) is 9.69 Å². The summed E-state index contributed by atoms with van der Waals surface area (Å²) in [5.41, 5.74) is 2.99. The molecule has 1 N–H and O–H groups in total. The second kappa shape index (κ2) is 8.21. The fourth-order valence-corrected chi connectivity index (χ4v) is 3.15. The maximum atomic E-state index is 13.1. The molecule has 0 fully saturated rings. The number of fused-ring (bicyclic) bond motifs is 1. The SMILES string of the molecule is O=C(NCCCCN1CCc2ccccc2C1)c1ccc(F)c(F)c1. The molecule has 132 valence electrons. The van der Waals surface area contributed by atoms with Crippen LogP contribution in [0.5, 0.6) is 0 Å². The summed E-state index contributed by atoms with van der Waals surface area (Å²) in [7, 11) is 0. The molecular formula is C20H22F2N2O. The van der Waals surface area contributed by atoms with E-state index < -0.39 is 11.6 Å². The molecular weight excluding hydrogens is 322 g/mol. The average molecular weight is 344 g/mol. The van der Waals surface area contributed by atoms with Crippen LogP contribution in [0.4, 0.5) is 8.78 Å². The Morgan fingerprint density at radius 2 is 1.84 bits per heavy atom. The van der Waals surface area contributed by atoms with E-state index in [2.05, 4.69) is 34.5 Å². The van der Waals surface area contributed by atoms with Crippen LogP contribution in [-0.2, 0) is 13.0 Å². The number of hydrogen-bond acceptors (Lipinski definition) is 2. The van der Waals surface area contributed by atoms with Crippen molar-refractivity contribution in [1.82, 2.24) is 10.2 Å². The van der Waals surface area contributed by atoms with Crippen molar-refractivity contribution in [2.45, 2.75) is 25.8 Å². The molecule has 3 rings (SSSR count). The van der Waals surface area contributed by atoms with Crippen LogP contribution < -0.4 is 5.32 Å². The molecule has 0 atom stereocenters. The summed E-state index contributed by atoms with van der Waals surface area (Å²) in [4.78, 5) is 14.3. The highest BCUT2D eigenvalue weighted by Crippen LogP contribution is 2.18. The van der Waals surface area contributed by atoms with Crippen molar-refractivity contribution in [1.29, 1.82) is 0 Å². The van der Waals surface area contributed by atoms with Crippen molar-refractivity contribution >= 4 is 5.91 Å². The Kier molecular flexibility index (Phi) is 5.76. The van der Waals surface area contributed by atoms with Gasteiger partial charge in [-0.05, 0) is 55.1 Å². The maximum Gasteiger partial charge on any atom is 0.251 e. The largest absolute Gasteiger partial charge is 0.352 e. The van der Waals surface area contributed by atoms with Crippen molar-refractivity contribution in [3.05, 3.63) is 70.8 Å². The predicted molar refractivity (Wildman–Crippen MR) is 93.3 cm³/mol. The van der Waals surface area contributed by atoms with Gasteiger partial charge in [-0.25, -0.2) is 8.78 Å². The number of halogens is 2. The van der Waals surface area contributed by atoms with Crippen LogP contribution in [0.25, 0.3) is 0 Å². The number of rotatable bonds is 6. The molecule has 0 aliphatic carbocycles. The summed E-state index contributed by atoms with van der Waals surface area (Å²) in [5, 5.41) is 2.75. The first-order chi connectivity index (χ1) is 12.1. The molecule has 0 bridgehead atoms. The van der Waals surface area contributed by atoms with Gasteiger partial charge in [0.1, 0.15) is 0 Å². The van der Waals surface area contributed by atoms with Gasteiger partial charge in [0.2, 0.25) is 0 Å². The van der Waals surface area contributed by atoms with E-state index in [1.54, 1.807) is 0 Å². The first-order valence-electron chi connectivity index (χ1n) is 8.66. The lowest BCUT2D eigenvalue weighted by Gasteiger charge is -2.28. The normalized spacial score (nSPS) is 14.2. The number of carbonyl (C=O) groups excluding carboxylic acids is 1. The molecule has 0 spiro atoms. The topological polar surface area (TPSA) is 32.3 Å². The van der Waals surface area contributed by atoms with E-state index in [4.69, 9.17) is 0 Å². The molecule has 5 heteroatoms.